The molecular weight excluding hydrogens is 454 g/mol. The van der Waals surface area contributed by atoms with E-state index in [1.54, 1.807) is 0 Å². The van der Waals surface area contributed by atoms with Crippen LogP contribution in [0.2, 0.25) is 0 Å². The standard InChI is InChI=1S/C28H33N5O3/c1-19-12-22(32-10-9-26(2,17-32)20-6-4-3-5-7-20)13-33-23(19)30-24(31-33)28-15-27(16-28,18-36-28)25(34)29-21-8-11-35-14-21/h3-7,12-13,21H,8-11,14-18H2,1-2H3,(H,29,34)/t21?,26-,27?,28?/m0/s1. The summed E-state index contributed by atoms with van der Waals surface area (Å²) >= 11 is 0. The Hall–Kier alpha value is -2.97. The van der Waals surface area contributed by atoms with E-state index < -0.39 is 11.0 Å². The summed E-state index contributed by atoms with van der Waals surface area (Å²) in [4.78, 5) is 20.4. The number of benzene rings is 1. The third-order valence-corrected chi connectivity index (χ3v) is 8.94. The molecule has 0 spiro atoms. The van der Waals surface area contributed by atoms with Crippen LogP contribution in [0.4, 0.5) is 5.69 Å². The maximum absolute atomic E-state index is 13.0. The highest BCUT2D eigenvalue weighted by Gasteiger charge is 2.68. The van der Waals surface area contributed by atoms with Crippen LogP contribution >= 0.6 is 0 Å². The van der Waals surface area contributed by atoms with Crippen molar-refractivity contribution in [3.05, 3.63) is 59.5 Å². The Morgan fingerprint density at radius 3 is 2.83 bits per heavy atom. The number of pyridine rings is 1. The largest absolute Gasteiger partial charge is 0.379 e. The molecule has 2 bridgehead atoms. The second-order valence-corrected chi connectivity index (χ2v) is 11.6. The van der Waals surface area contributed by atoms with Gasteiger partial charge >= 0.3 is 0 Å². The van der Waals surface area contributed by atoms with Gasteiger partial charge in [-0.05, 0) is 37.0 Å². The lowest BCUT2D eigenvalue weighted by Gasteiger charge is -2.41. The summed E-state index contributed by atoms with van der Waals surface area (Å²) in [6.45, 7) is 8.18. The van der Waals surface area contributed by atoms with Crippen molar-refractivity contribution in [2.45, 2.75) is 56.6 Å². The first-order valence-corrected chi connectivity index (χ1v) is 13.1. The first-order valence-electron chi connectivity index (χ1n) is 13.1. The topological polar surface area (TPSA) is 81.0 Å². The van der Waals surface area contributed by atoms with Gasteiger partial charge in [-0.2, -0.15) is 0 Å². The molecule has 1 amide bonds. The highest BCUT2D eigenvalue weighted by atomic mass is 16.5. The van der Waals surface area contributed by atoms with Crippen LogP contribution in [0.1, 0.15) is 49.6 Å². The number of anilines is 1. The van der Waals surface area contributed by atoms with E-state index in [-0.39, 0.29) is 17.4 Å². The van der Waals surface area contributed by atoms with E-state index in [0.717, 1.165) is 37.1 Å². The van der Waals surface area contributed by atoms with Crippen molar-refractivity contribution in [3.8, 4) is 0 Å². The van der Waals surface area contributed by atoms with E-state index in [1.165, 1.54) is 11.3 Å². The Morgan fingerprint density at radius 1 is 1.22 bits per heavy atom. The van der Waals surface area contributed by atoms with Gasteiger partial charge in [0.2, 0.25) is 5.91 Å². The fourth-order valence-electron chi connectivity index (χ4n) is 6.71. The van der Waals surface area contributed by atoms with E-state index in [0.29, 0.717) is 38.5 Å². The normalized spacial score (nSPS) is 33.3. The molecule has 3 aromatic rings. The number of carbonyl (C=O) groups is 1. The number of carbonyl (C=O) groups excluding carboxylic acids is 1. The van der Waals surface area contributed by atoms with Crippen LogP contribution in [-0.2, 0) is 25.3 Å². The van der Waals surface area contributed by atoms with E-state index in [1.807, 2.05) is 4.52 Å². The van der Waals surface area contributed by atoms with E-state index in [2.05, 4.69) is 66.7 Å². The number of hydrogen-bond donors (Lipinski definition) is 1. The molecule has 5 aliphatic rings. The van der Waals surface area contributed by atoms with Gasteiger partial charge in [0, 0.05) is 38.0 Å². The van der Waals surface area contributed by atoms with E-state index >= 15 is 0 Å². The molecule has 188 valence electrons. The predicted molar refractivity (Wildman–Crippen MR) is 135 cm³/mol. The van der Waals surface area contributed by atoms with Gasteiger partial charge in [-0.25, -0.2) is 9.50 Å². The molecule has 1 aromatic carbocycles. The number of nitrogens with one attached hydrogen (secondary N) is 1. The molecule has 2 aromatic heterocycles. The molecule has 0 radical (unpaired) electrons. The fourth-order valence-corrected chi connectivity index (χ4v) is 6.71. The summed E-state index contributed by atoms with van der Waals surface area (Å²) in [5.41, 5.74) is 3.63. The zero-order chi connectivity index (χ0) is 24.5. The molecule has 8 rings (SSSR count). The highest BCUT2D eigenvalue weighted by Crippen LogP contribution is 2.62. The third kappa shape index (κ3) is 3.30. The third-order valence-electron chi connectivity index (χ3n) is 8.94. The monoisotopic (exact) mass is 487 g/mol. The summed E-state index contributed by atoms with van der Waals surface area (Å²) in [5, 5.41) is 8.05. The van der Waals surface area contributed by atoms with Gasteiger partial charge in [-0.3, -0.25) is 4.79 Å². The van der Waals surface area contributed by atoms with Crippen molar-refractivity contribution in [3.63, 3.8) is 0 Å². The maximum atomic E-state index is 13.0. The van der Waals surface area contributed by atoms with Crippen molar-refractivity contribution in [2.24, 2.45) is 5.41 Å². The van der Waals surface area contributed by atoms with Crippen molar-refractivity contribution in [1.82, 2.24) is 19.9 Å². The van der Waals surface area contributed by atoms with Crippen molar-refractivity contribution in [1.29, 1.82) is 0 Å². The molecule has 1 unspecified atom stereocenters. The van der Waals surface area contributed by atoms with Crippen molar-refractivity contribution >= 4 is 17.2 Å². The number of ether oxygens (including phenoxy) is 2. The second kappa shape index (κ2) is 7.76. The highest BCUT2D eigenvalue weighted by molar-refractivity contribution is 5.85. The smallest absolute Gasteiger partial charge is 0.229 e. The molecule has 4 aliphatic heterocycles. The van der Waals surface area contributed by atoms with Crippen LogP contribution in [0.5, 0.6) is 0 Å². The SMILES string of the molecule is Cc1cc(N2CC[C@](C)(c3ccccc3)C2)cn2nc(C34CC(C(=O)NC5CCOC5)(CO3)C4)nc12. The minimum atomic E-state index is -0.554. The number of amides is 1. The van der Waals surface area contributed by atoms with E-state index in [9.17, 15) is 4.79 Å². The molecule has 6 heterocycles. The van der Waals surface area contributed by atoms with Gasteiger partial charge in [-0.15, -0.1) is 5.10 Å². The molecule has 1 N–H and O–H groups in total. The first-order chi connectivity index (χ1) is 17.4. The van der Waals surface area contributed by atoms with Crippen LogP contribution in [0.3, 0.4) is 0 Å². The average Bonchev–Trinajstić information content (AvgIpc) is 3.66. The molecule has 4 saturated heterocycles. The molecular formula is C28H33N5O3. The molecule has 5 fully saturated rings. The van der Waals surface area contributed by atoms with Crippen molar-refractivity contribution in [2.75, 3.05) is 37.8 Å². The number of aromatic nitrogens is 3. The lowest BCUT2D eigenvalue weighted by atomic mass is 9.61. The van der Waals surface area contributed by atoms with Crippen LogP contribution in [0.15, 0.2) is 42.6 Å². The molecule has 1 aliphatic carbocycles. The molecule has 8 heteroatoms. The Morgan fingerprint density at radius 2 is 2.06 bits per heavy atom. The second-order valence-electron chi connectivity index (χ2n) is 11.6. The Labute approximate surface area is 211 Å². The zero-order valence-electron chi connectivity index (χ0n) is 21.0. The predicted octanol–water partition coefficient (Wildman–Crippen LogP) is 3.12. The van der Waals surface area contributed by atoms with Gasteiger partial charge in [-0.1, -0.05) is 37.3 Å². The van der Waals surface area contributed by atoms with Gasteiger partial charge < -0.3 is 19.7 Å². The van der Waals surface area contributed by atoms with Crippen LogP contribution in [0, 0.1) is 12.3 Å². The molecule has 36 heavy (non-hydrogen) atoms. The Balaban J connectivity index is 1.11. The summed E-state index contributed by atoms with van der Waals surface area (Å²) < 4.78 is 13.5. The summed E-state index contributed by atoms with van der Waals surface area (Å²) in [6.07, 6.45) is 5.38. The summed E-state index contributed by atoms with van der Waals surface area (Å²) in [5.74, 6) is 0.785. The van der Waals surface area contributed by atoms with Crippen LogP contribution in [0.25, 0.3) is 5.65 Å². The zero-order valence-corrected chi connectivity index (χ0v) is 21.0. The quantitative estimate of drug-likeness (QED) is 0.596. The lowest BCUT2D eigenvalue weighted by molar-refractivity contribution is -0.137. The number of aryl methyl sites for hydroxylation is 1. The Bertz CT molecular complexity index is 1330. The van der Waals surface area contributed by atoms with E-state index in [4.69, 9.17) is 19.6 Å². The van der Waals surface area contributed by atoms with Gasteiger partial charge in [0.05, 0.1) is 36.6 Å². The molecule has 8 nitrogen and oxygen atoms in total. The molecule has 2 atom stereocenters. The fraction of sp³-hybridized carbons (Fsp3) is 0.536. The Kier molecular flexibility index (Phi) is 4.80. The first kappa shape index (κ1) is 22.2. The van der Waals surface area contributed by atoms with Gasteiger partial charge in [0.15, 0.2) is 11.5 Å². The van der Waals surface area contributed by atoms with Gasteiger partial charge in [0.1, 0.15) is 5.60 Å². The van der Waals surface area contributed by atoms with Gasteiger partial charge in [0.25, 0.3) is 0 Å². The number of rotatable bonds is 5. The average molecular weight is 488 g/mol. The molecule has 1 saturated carbocycles. The number of hydrogen-bond acceptors (Lipinski definition) is 6. The number of fused-ring (bicyclic) bond motifs is 2. The van der Waals surface area contributed by atoms with Crippen molar-refractivity contribution < 1.29 is 14.3 Å². The number of nitrogens with zero attached hydrogens (tertiary/aromatic N) is 4. The summed E-state index contributed by atoms with van der Waals surface area (Å²) in [7, 11) is 0. The van der Waals surface area contributed by atoms with Crippen LogP contribution < -0.4 is 10.2 Å². The maximum Gasteiger partial charge on any atom is 0.229 e. The van der Waals surface area contributed by atoms with Crippen LogP contribution in [-0.4, -0.2) is 59.5 Å². The summed E-state index contributed by atoms with van der Waals surface area (Å²) in [6, 6.07) is 13.2. The lowest BCUT2D eigenvalue weighted by Crippen LogP contribution is -2.53. The minimum Gasteiger partial charge on any atom is -0.379 e. The minimum absolute atomic E-state index is 0.0869.